The van der Waals surface area contributed by atoms with Crippen molar-refractivity contribution in [3.63, 3.8) is 0 Å². The molecule has 0 bridgehead atoms. The molecule has 0 aromatic carbocycles. The van der Waals surface area contributed by atoms with Gasteiger partial charge in [-0.25, -0.2) is 9.78 Å². The van der Waals surface area contributed by atoms with Crippen molar-refractivity contribution in [1.29, 1.82) is 0 Å². The van der Waals surface area contributed by atoms with Crippen molar-refractivity contribution in [2.45, 2.75) is 51.9 Å². The summed E-state index contributed by atoms with van der Waals surface area (Å²) in [6.45, 7) is 4.08. The summed E-state index contributed by atoms with van der Waals surface area (Å²) in [5.74, 6) is 0.589. The van der Waals surface area contributed by atoms with E-state index in [-0.39, 0.29) is 17.6 Å². The van der Waals surface area contributed by atoms with Crippen molar-refractivity contribution in [2.75, 3.05) is 32.8 Å². The number of ether oxygens (including phenoxy) is 1. The van der Waals surface area contributed by atoms with E-state index in [1.807, 2.05) is 0 Å². The summed E-state index contributed by atoms with van der Waals surface area (Å²) in [6, 6.07) is 0. The van der Waals surface area contributed by atoms with Crippen LogP contribution in [0, 0.1) is 0 Å². The molecule has 2 amide bonds. The van der Waals surface area contributed by atoms with Crippen LogP contribution < -0.4 is 5.56 Å². The summed E-state index contributed by atoms with van der Waals surface area (Å²) in [5.41, 5.74) is 1.10. The molecule has 30 heavy (non-hydrogen) atoms. The van der Waals surface area contributed by atoms with Crippen LogP contribution >= 0.6 is 11.3 Å². The Morgan fingerprint density at radius 1 is 1.10 bits per heavy atom. The van der Waals surface area contributed by atoms with Gasteiger partial charge in [-0.1, -0.05) is 6.42 Å². The molecule has 0 saturated carbocycles. The van der Waals surface area contributed by atoms with Gasteiger partial charge in [0.15, 0.2) is 0 Å². The molecule has 2 aromatic rings. The van der Waals surface area contributed by atoms with Gasteiger partial charge in [0.25, 0.3) is 5.56 Å². The lowest BCUT2D eigenvalue weighted by molar-refractivity contribution is -0.132. The Morgan fingerprint density at radius 3 is 2.60 bits per heavy atom. The average Bonchev–Trinajstić information content (AvgIpc) is 2.94. The van der Waals surface area contributed by atoms with E-state index in [2.05, 4.69) is 9.97 Å². The SMILES string of the molecule is CCOC(=O)N1CCN(C(=O)CCc2nc3sc4c(c3c(=O)[nH]2)CCCCC4)CC1. The van der Waals surface area contributed by atoms with Crippen LogP contribution in [0.4, 0.5) is 4.79 Å². The zero-order valence-corrected chi connectivity index (χ0v) is 18.2. The Balaban J connectivity index is 1.38. The molecule has 2 aliphatic rings. The minimum atomic E-state index is -0.325. The first-order valence-corrected chi connectivity index (χ1v) is 11.6. The second-order valence-electron chi connectivity index (χ2n) is 7.82. The third kappa shape index (κ3) is 4.35. The van der Waals surface area contributed by atoms with E-state index in [0.29, 0.717) is 51.5 Å². The zero-order chi connectivity index (χ0) is 21.1. The van der Waals surface area contributed by atoms with Crippen molar-refractivity contribution in [3.8, 4) is 0 Å². The van der Waals surface area contributed by atoms with Gasteiger partial charge in [0.2, 0.25) is 5.91 Å². The van der Waals surface area contributed by atoms with E-state index in [4.69, 9.17) is 4.74 Å². The Morgan fingerprint density at radius 2 is 1.83 bits per heavy atom. The van der Waals surface area contributed by atoms with E-state index < -0.39 is 0 Å². The number of fused-ring (bicyclic) bond motifs is 3. The fourth-order valence-electron chi connectivity index (χ4n) is 4.24. The molecular formula is C21H28N4O4S. The molecular weight excluding hydrogens is 404 g/mol. The second kappa shape index (κ2) is 9.16. The number of aryl methyl sites for hydroxylation is 3. The number of nitrogens with zero attached hydrogens (tertiary/aromatic N) is 3. The highest BCUT2D eigenvalue weighted by Crippen LogP contribution is 2.32. The number of amides is 2. The summed E-state index contributed by atoms with van der Waals surface area (Å²) < 4.78 is 5.01. The lowest BCUT2D eigenvalue weighted by Crippen LogP contribution is -2.50. The molecule has 1 N–H and O–H groups in total. The van der Waals surface area contributed by atoms with E-state index in [0.717, 1.165) is 29.5 Å². The maximum atomic E-state index is 12.7. The van der Waals surface area contributed by atoms with Crippen LogP contribution in [0.3, 0.4) is 0 Å². The third-order valence-corrected chi connectivity index (χ3v) is 7.04. The smallest absolute Gasteiger partial charge is 0.409 e. The van der Waals surface area contributed by atoms with Crippen LogP contribution in [0.5, 0.6) is 0 Å². The molecule has 4 rings (SSSR count). The van der Waals surface area contributed by atoms with E-state index in [9.17, 15) is 14.4 Å². The lowest BCUT2D eigenvalue weighted by Gasteiger charge is -2.34. The molecule has 1 aliphatic carbocycles. The molecule has 0 radical (unpaired) electrons. The highest BCUT2D eigenvalue weighted by molar-refractivity contribution is 7.18. The van der Waals surface area contributed by atoms with Crippen LogP contribution in [-0.2, 0) is 28.8 Å². The highest BCUT2D eigenvalue weighted by Gasteiger charge is 2.25. The van der Waals surface area contributed by atoms with Gasteiger partial charge in [-0.3, -0.25) is 9.59 Å². The Labute approximate surface area is 179 Å². The molecule has 0 atom stereocenters. The molecule has 9 heteroatoms. The molecule has 2 aromatic heterocycles. The van der Waals surface area contributed by atoms with Gasteiger partial charge >= 0.3 is 6.09 Å². The van der Waals surface area contributed by atoms with E-state index >= 15 is 0 Å². The first kappa shape index (κ1) is 20.8. The third-order valence-electron chi connectivity index (χ3n) is 5.86. The van der Waals surface area contributed by atoms with Crippen LogP contribution in [0.2, 0.25) is 0 Å². The highest BCUT2D eigenvalue weighted by atomic mass is 32.1. The number of hydrogen-bond donors (Lipinski definition) is 1. The normalized spacial score (nSPS) is 17.0. The zero-order valence-electron chi connectivity index (χ0n) is 17.4. The fourth-order valence-corrected chi connectivity index (χ4v) is 5.52. The maximum absolute atomic E-state index is 12.7. The predicted molar refractivity (Wildman–Crippen MR) is 115 cm³/mol. The van der Waals surface area contributed by atoms with Crippen LogP contribution in [0.25, 0.3) is 10.2 Å². The topological polar surface area (TPSA) is 95.6 Å². The van der Waals surface area contributed by atoms with Gasteiger partial charge in [-0.2, -0.15) is 0 Å². The number of rotatable bonds is 4. The summed E-state index contributed by atoms with van der Waals surface area (Å²) in [6.07, 6.45) is 5.86. The van der Waals surface area contributed by atoms with E-state index in [1.54, 1.807) is 28.1 Å². The van der Waals surface area contributed by atoms with Gasteiger partial charge in [-0.15, -0.1) is 11.3 Å². The van der Waals surface area contributed by atoms with Crippen molar-refractivity contribution >= 4 is 33.6 Å². The molecule has 3 heterocycles. The second-order valence-corrected chi connectivity index (χ2v) is 8.91. The lowest BCUT2D eigenvalue weighted by atomic mass is 10.1. The van der Waals surface area contributed by atoms with Gasteiger partial charge in [0.05, 0.1) is 12.0 Å². The van der Waals surface area contributed by atoms with Crippen LogP contribution in [-0.4, -0.2) is 64.6 Å². The largest absolute Gasteiger partial charge is 0.450 e. The van der Waals surface area contributed by atoms with Gasteiger partial charge < -0.3 is 19.5 Å². The monoisotopic (exact) mass is 432 g/mol. The molecule has 1 saturated heterocycles. The minimum Gasteiger partial charge on any atom is -0.450 e. The first-order chi connectivity index (χ1) is 14.6. The molecule has 162 valence electrons. The molecule has 0 spiro atoms. The van der Waals surface area contributed by atoms with Crippen LogP contribution in [0.15, 0.2) is 4.79 Å². The fraction of sp³-hybridized carbons (Fsp3) is 0.619. The van der Waals surface area contributed by atoms with Crippen molar-refractivity contribution < 1.29 is 14.3 Å². The number of hydrogen-bond acceptors (Lipinski definition) is 6. The number of thiophene rings is 1. The molecule has 1 fully saturated rings. The Bertz CT molecular complexity index is 991. The van der Waals surface area contributed by atoms with Crippen molar-refractivity contribution in [2.24, 2.45) is 0 Å². The molecule has 1 aliphatic heterocycles. The molecule has 8 nitrogen and oxygen atoms in total. The van der Waals surface area contributed by atoms with Gasteiger partial charge in [0.1, 0.15) is 10.7 Å². The predicted octanol–water partition coefficient (Wildman–Crippen LogP) is 2.49. The van der Waals surface area contributed by atoms with Gasteiger partial charge in [-0.05, 0) is 38.2 Å². The van der Waals surface area contributed by atoms with Crippen LogP contribution in [0.1, 0.15) is 48.9 Å². The summed E-state index contributed by atoms with van der Waals surface area (Å²) in [5, 5.41) is 0.752. The summed E-state index contributed by atoms with van der Waals surface area (Å²) in [7, 11) is 0. The number of piperazine rings is 1. The minimum absolute atomic E-state index is 0.0169. The summed E-state index contributed by atoms with van der Waals surface area (Å²) >= 11 is 1.63. The number of nitrogens with one attached hydrogen (secondary N) is 1. The standard InChI is InChI=1S/C21H28N4O4S/c1-2-29-21(28)25-12-10-24(11-13-25)17(26)9-8-16-22-19(27)18-14-6-4-3-5-7-15(14)30-20(18)23-16/h2-13H2,1H3,(H,22,23,27). The first-order valence-electron chi connectivity index (χ1n) is 10.8. The number of carbonyl (C=O) groups excluding carboxylic acids is 2. The average molecular weight is 433 g/mol. The maximum Gasteiger partial charge on any atom is 0.409 e. The summed E-state index contributed by atoms with van der Waals surface area (Å²) in [4.78, 5) is 50.1. The molecule has 0 unspecified atom stereocenters. The number of aromatic nitrogens is 2. The van der Waals surface area contributed by atoms with Gasteiger partial charge in [0, 0.05) is 43.9 Å². The Kier molecular flexibility index (Phi) is 6.36. The van der Waals surface area contributed by atoms with Crippen molar-refractivity contribution in [1.82, 2.24) is 19.8 Å². The Hall–Kier alpha value is -2.42. The number of aromatic amines is 1. The van der Waals surface area contributed by atoms with E-state index in [1.165, 1.54) is 23.3 Å². The number of H-pyrrole nitrogens is 1. The number of carbonyl (C=O) groups is 2. The van der Waals surface area contributed by atoms with Crippen molar-refractivity contribution in [3.05, 3.63) is 26.6 Å². The quantitative estimate of drug-likeness (QED) is 0.749.